The third kappa shape index (κ3) is 4.15. The largest absolute Gasteiger partial charge is 0.480 e. The highest BCUT2D eigenvalue weighted by Gasteiger charge is 2.38. The van der Waals surface area contributed by atoms with Gasteiger partial charge in [-0.25, -0.2) is 0 Å². The first-order chi connectivity index (χ1) is 8.55. The van der Waals surface area contributed by atoms with Crippen LogP contribution in [0, 0.1) is 5.41 Å². The molecule has 112 valence electrons. The molecule has 0 radical (unpaired) electrons. The van der Waals surface area contributed by atoms with E-state index in [4.69, 9.17) is 0 Å². The summed E-state index contributed by atoms with van der Waals surface area (Å²) in [6.45, 7) is 7.41. The molecule has 0 aliphatic carbocycles. The van der Waals surface area contributed by atoms with E-state index >= 15 is 0 Å². The van der Waals surface area contributed by atoms with Crippen molar-refractivity contribution in [2.75, 3.05) is 6.54 Å². The molecule has 1 aliphatic rings. The van der Waals surface area contributed by atoms with Crippen LogP contribution in [0.4, 0.5) is 0 Å². The summed E-state index contributed by atoms with van der Waals surface area (Å²) in [5.41, 5.74) is -0.683. The highest BCUT2D eigenvalue weighted by molar-refractivity contribution is 7.87. The minimum absolute atomic E-state index is 0.0827. The molecule has 0 aromatic heterocycles. The molecule has 1 saturated heterocycles. The number of nitrogens with one attached hydrogen (secondary N) is 1. The van der Waals surface area contributed by atoms with E-state index in [1.165, 1.54) is 4.31 Å². The maximum atomic E-state index is 12.3. The predicted octanol–water partition coefficient (Wildman–Crippen LogP) is 1.19. The Kier molecular flexibility index (Phi) is 4.97. The van der Waals surface area contributed by atoms with Crippen LogP contribution in [0.3, 0.4) is 0 Å². The van der Waals surface area contributed by atoms with E-state index in [0.29, 0.717) is 6.54 Å². The fourth-order valence-corrected chi connectivity index (χ4v) is 4.08. The molecule has 0 saturated carbocycles. The molecule has 0 aromatic carbocycles. The van der Waals surface area contributed by atoms with Crippen LogP contribution in [0.1, 0.15) is 47.0 Å². The molecule has 0 aromatic rings. The van der Waals surface area contributed by atoms with Gasteiger partial charge >= 0.3 is 5.97 Å². The van der Waals surface area contributed by atoms with Crippen LogP contribution < -0.4 is 4.72 Å². The number of carboxylic acid groups (broad SMARTS) is 1. The second kappa shape index (κ2) is 5.76. The molecule has 6 nitrogen and oxygen atoms in total. The molecular formula is C12H24N2O4S. The lowest BCUT2D eigenvalue weighted by Crippen LogP contribution is -2.56. The minimum Gasteiger partial charge on any atom is -0.480 e. The van der Waals surface area contributed by atoms with Crippen LogP contribution in [0.5, 0.6) is 0 Å². The van der Waals surface area contributed by atoms with Crippen LogP contribution in [0.2, 0.25) is 0 Å². The van der Waals surface area contributed by atoms with Crippen molar-refractivity contribution < 1.29 is 18.3 Å². The highest BCUT2D eigenvalue weighted by atomic mass is 32.2. The summed E-state index contributed by atoms with van der Waals surface area (Å²) in [6.07, 6.45) is 2.64. The van der Waals surface area contributed by atoms with E-state index in [1.807, 2.05) is 6.92 Å². The van der Waals surface area contributed by atoms with Crippen LogP contribution >= 0.6 is 0 Å². The number of nitrogens with zero attached hydrogens (tertiary/aromatic N) is 1. The molecule has 1 fully saturated rings. The zero-order valence-electron chi connectivity index (χ0n) is 12.0. The van der Waals surface area contributed by atoms with Gasteiger partial charge in [0.15, 0.2) is 0 Å². The van der Waals surface area contributed by atoms with Gasteiger partial charge in [-0.2, -0.15) is 17.4 Å². The molecular weight excluding hydrogens is 268 g/mol. The van der Waals surface area contributed by atoms with Crippen LogP contribution in [0.25, 0.3) is 0 Å². The molecule has 2 unspecified atom stereocenters. The SMILES string of the molecule is CC1CCCCN1S(=O)(=O)NC(C(=O)O)C(C)(C)C. The summed E-state index contributed by atoms with van der Waals surface area (Å²) in [4.78, 5) is 11.2. The summed E-state index contributed by atoms with van der Waals surface area (Å²) in [6, 6.07) is -1.22. The van der Waals surface area contributed by atoms with E-state index in [9.17, 15) is 18.3 Å². The summed E-state index contributed by atoms with van der Waals surface area (Å²) in [5, 5.41) is 9.19. The van der Waals surface area contributed by atoms with Crippen LogP contribution in [-0.4, -0.2) is 42.4 Å². The first-order valence-electron chi connectivity index (χ1n) is 6.57. The summed E-state index contributed by atoms with van der Waals surface area (Å²) >= 11 is 0. The van der Waals surface area contributed by atoms with Crippen molar-refractivity contribution in [1.82, 2.24) is 9.03 Å². The maximum Gasteiger partial charge on any atom is 0.322 e. The summed E-state index contributed by atoms with van der Waals surface area (Å²) in [5.74, 6) is -1.15. The van der Waals surface area contributed by atoms with Gasteiger partial charge in [0.05, 0.1) is 0 Å². The van der Waals surface area contributed by atoms with Crippen molar-refractivity contribution >= 4 is 16.2 Å². The Balaban J connectivity index is 2.91. The molecule has 19 heavy (non-hydrogen) atoms. The lowest BCUT2D eigenvalue weighted by Gasteiger charge is -2.35. The topological polar surface area (TPSA) is 86.7 Å². The third-order valence-corrected chi connectivity index (χ3v) is 5.12. The van der Waals surface area contributed by atoms with Gasteiger partial charge in [-0.3, -0.25) is 4.79 Å². The van der Waals surface area contributed by atoms with Gasteiger partial charge in [0.1, 0.15) is 6.04 Å². The monoisotopic (exact) mass is 292 g/mol. The standard InChI is InChI=1S/C12H24N2O4S/c1-9-7-5-6-8-14(9)19(17,18)13-10(11(15)16)12(2,3)4/h9-10,13H,5-8H2,1-4H3,(H,15,16). The first kappa shape index (κ1) is 16.4. The lowest BCUT2D eigenvalue weighted by molar-refractivity contribution is -0.141. The Labute approximate surface area is 115 Å². The molecule has 0 spiro atoms. The van der Waals surface area contributed by atoms with Gasteiger partial charge in [-0.15, -0.1) is 0 Å². The van der Waals surface area contributed by atoms with E-state index in [2.05, 4.69) is 4.72 Å². The van der Waals surface area contributed by atoms with Crippen LogP contribution in [0.15, 0.2) is 0 Å². The van der Waals surface area contributed by atoms with Gasteiger partial charge in [0.25, 0.3) is 10.2 Å². The Morgan fingerprint density at radius 2 is 1.95 bits per heavy atom. The number of piperidine rings is 1. The second-order valence-electron chi connectivity index (χ2n) is 6.22. The predicted molar refractivity (Wildman–Crippen MR) is 73.0 cm³/mol. The van der Waals surface area contributed by atoms with Gasteiger partial charge in [0.2, 0.25) is 0 Å². The Morgan fingerprint density at radius 1 is 1.37 bits per heavy atom. The fourth-order valence-electron chi connectivity index (χ4n) is 2.24. The lowest BCUT2D eigenvalue weighted by atomic mass is 9.88. The molecule has 2 atom stereocenters. The average Bonchev–Trinajstić information content (AvgIpc) is 2.24. The van der Waals surface area contributed by atoms with E-state index in [0.717, 1.165) is 19.3 Å². The fraction of sp³-hybridized carbons (Fsp3) is 0.917. The van der Waals surface area contributed by atoms with Crippen molar-refractivity contribution in [2.45, 2.75) is 59.0 Å². The van der Waals surface area contributed by atoms with Crippen LogP contribution in [-0.2, 0) is 15.0 Å². The smallest absolute Gasteiger partial charge is 0.322 e. The Morgan fingerprint density at radius 3 is 2.37 bits per heavy atom. The molecule has 0 amide bonds. The average molecular weight is 292 g/mol. The third-order valence-electron chi connectivity index (χ3n) is 3.43. The number of hydrogen-bond acceptors (Lipinski definition) is 3. The van der Waals surface area contributed by atoms with Crippen molar-refractivity contribution in [1.29, 1.82) is 0 Å². The number of aliphatic carboxylic acids is 1. The normalized spacial score (nSPS) is 24.1. The van der Waals surface area contributed by atoms with Gasteiger partial charge in [-0.1, -0.05) is 27.2 Å². The van der Waals surface area contributed by atoms with Crippen molar-refractivity contribution in [3.63, 3.8) is 0 Å². The maximum absolute atomic E-state index is 12.3. The quantitative estimate of drug-likeness (QED) is 0.815. The highest BCUT2D eigenvalue weighted by Crippen LogP contribution is 2.23. The van der Waals surface area contributed by atoms with Gasteiger partial charge in [0, 0.05) is 12.6 Å². The zero-order chi connectivity index (χ0) is 14.8. The van der Waals surface area contributed by atoms with Crippen molar-refractivity contribution in [3.8, 4) is 0 Å². The number of rotatable bonds is 4. The second-order valence-corrected chi connectivity index (χ2v) is 7.87. The van der Waals surface area contributed by atoms with E-state index in [1.54, 1.807) is 20.8 Å². The molecule has 1 heterocycles. The Hall–Kier alpha value is -0.660. The van der Waals surface area contributed by atoms with E-state index in [-0.39, 0.29) is 6.04 Å². The molecule has 1 rings (SSSR count). The Bertz CT molecular complexity index is 428. The number of carbonyl (C=O) groups is 1. The molecule has 7 heteroatoms. The first-order valence-corrected chi connectivity index (χ1v) is 8.01. The van der Waals surface area contributed by atoms with Gasteiger partial charge in [-0.05, 0) is 25.2 Å². The van der Waals surface area contributed by atoms with Crippen molar-refractivity contribution in [2.24, 2.45) is 5.41 Å². The summed E-state index contributed by atoms with van der Waals surface area (Å²) < 4.78 is 28.3. The number of carboxylic acids is 1. The van der Waals surface area contributed by atoms with Crippen molar-refractivity contribution in [3.05, 3.63) is 0 Å². The summed E-state index contributed by atoms with van der Waals surface area (Å²) in [7, 11) is -3.76. The molecule has 1 aliphatic heterocycles. The zero-order valence-corrected chi connectivity index (χ0v) is 12.8. The van der Waals surface area contributed by atoms with Gasteiger partial charge < -0.3 is 5.11 Å². The number of hydrogen-bond donors (Lipinski definition) is 2. The minimum atomic E-state index is -3.76. The van der Waals surface area contributed by atoms with E-state index < -0.39 is 27.6 Å². The molecule has 2 N–H and O–H groups in total. The molecule has 0 bridgehead atoms.